The SMILES string of the molecule is COC1c2ccc(C(=O)Nc3ccc4c(c3)OCCO4)cc2C(=O)N1C(C)(C)C. The zero-order valence-corrected chi connectivity index (χ0v) is 16.9. The zero-order chi connectivity index (χ0) is 20.8. The van der Waals surface area contributed by atoms with E-state index in [1.807, 2.05) is 20.8 Å². The third-order valence-corrected chi connectivity index (χ3v) is 5.01. The van der Waals surface area contributed by atoms with Gasteiger partial charge in [-0.3, -0.25) is 9.59 Å². The molecule has 2 amide bonds. The van der Waals surface area contributed by atoms with Crippen molar-refractivity contribution in [3.05, 3.63) is 53.1 Å². The molecule has 0 aromatic heterocycles. The maximum atomic E-state index is 13.0. The standard InChI is InChI=1S/C22H24N2O5/c1-22(2,3)24-20(26)16-11-13(5-7-15(16)21(24)27-4)19(25)23-14-6-8-17-18(12-14)29-10-9-28-17/h5-8,11-12,21H,9-10H2,1-4H3,(H,23,25). The van der Waals surface area contributed by atoms with Crippen LogP contribution in [0.2, 0.25) is 0 Å². The summed E-state index contributed by atoms with van der Waals surface area (Å²) in [6, 6.07) is 10.4. The Morgan fingerprint density at radius 3 is 2.52 bits per heavy atom. The molecule has 7 heteroatoms. The number of ether oxygens (including phenoxy) is 3. The van der Waals surface area contributed by atoms with Gasteiger partial charge in [0.25, 0.3) is 11.8 Å². The van der Waals surface area contributed by atoms with Crippen LogP contribution < -0.4 is 14.8 Å². The Morgan fingerprint density at radius 2 is 1.83 bits per heavy atom. The fraction of sp³-hybridized carbons (Fsp3) is 0.364. The van der Waals surface area contributed by atoms with E-state index in [4.69, 9.17) is 14.2 Å². The second kappa shape index (κ2) is 7.08. The van der Waals surface area contributed by atoms with Gasteiger partial charge < -0.3 is 24.4 Å². The Kier molecular flexibility index (Phi) is 4.70. The average molecular weight is 396 g/mol. The van der Waals surface area contributed by atoms with Gasteiger partial charge in [0.1, 0.15) is 13.2 Å². The molecule has 2 aliphatic heterocycles. The monoisotopic (exact) mass is 396 g/mol. The largest absolute Gasteiger partial charge is 0.486 e. The summed E-state index contributed by atoms with van der Waals surface area (Å²) in [5.41, 5.74) is 1.84. The van der Waals surface area contributed by atoms with Crippen molar-refractivity contribution in [2.24, 2.45) is 0 Å². The number of carbonyl (C=O) groups excluding carboxylic acids is 2. The van der Waals surface area contributed by atoms with Gasteiger partial charge in [0.2, 0.25) is 0 Å². The summed E-state index contributed by atoms with van der Waals surface area (Å²) in [4.78, 5) is 27.5. The number of methoxy groups -OCH3 is 1. The number of carbonyl (C=O) groups is 2. The van der Waals surface area contributed by atoms with E-state index >= 15 is 0 Å². The Morgan fingerprint density at radius 1 is 1.10 bits per heavy atom. The minimum Gasteiger partial charge on any atom is -0.486 e. The molecular weight excluding hydrogens is 372 g/mol. The molecule has 0 spiro atoms. The molecule has 1 unspecified atom stereocenters. The van der Waals surface area contributed by atoms with Crippen molar-refractivity contribution in [3.8, 4) is 11.5 Å². The summed E-state index contributed by atoms with van der Waals surface area (Å²) in [6.07, 6.45) is -0.465. The summed E-state index contributed by atoms with van der Waals surface area (Å²) in [7, 11) is 1.58. The zero-order valence-electron chi connectivity index (χ0n) is 16.9. The van der Waals surface area contributed by atoms with Crippen molar-refractivity contribution in [1.29, 1.82) is 0 Å². The number of hydrogen-bond donors (Lipinski definition) is 1. The third kappa shape index (κ3) is 3.42. The second-order valence-electron chi connectivity index (χ2n) is 8.05. The quantitative estimate of drug-likeness (QED) is 0.858. The number of fused-ring (bicyclic) bond motifs is 2. The molecule has 0 saturated carbocycles. The van der Waals surface area contributed by atoms with E-state index in [9.17, 15) is 9.59 Å². The van der Waals surface area contributed by atoms with Crippen LogP contribution in [0, 0.1) is 0 Å². The predicted octanol–water partition coefficient (Wildman–Crippen LogP) is 3.61. The smallest absolute Gasteiger partial charge is 0.257 e. The van der Waals surface area contributed by atoms with Gasteiger partial charge in [0.15, 0.2) is 17.7 Å². The minimum atomic E-state index is -0.465. The normalized spacial score (nSPS) is 17.9. The first-order chi connectivity index (χ1) is 13.8. The Hall–Kier alpha value is -3.06. The molecule has 0 aliphatic carbocycles. The van der Waals surface area contributed by atoms with E-state index < -0.39 is 11.8 Å². The summed E-state index contributed by atoms with van der Waals surface area (Å²) in [5, 5.41) is 2.85. The summed E-state index contributed by atoms with van der Waals surface area (Å²) in [5.74, 6) is 0.806. The molecular formula is C22H24N2O5. The van der Waals surface area contributed by atoms with Crippen LogP contribution in [-0.4, -0.2) is 42.6 Å². The van der Waals surface area contributed by atoms with Crippen LogP contribution in [0.4, 0.5) is 5.69 Å². The van der Waals surface area contributed by atoms with Crippen molar-refractivity contribution >= 4 is 17.5 Å². The lowest BCUT2D eigenvalue weighted by Crippen LogP contribution is -2.44. The molecule has 0 radical (unpaired) electrons. The number of nitrogens with one attached hydrogen (secondary N) is 1. The lowest BCUT2D eigenvalue weighted by molar-refractivity contribution is -0.0487. The highest BCUT2D eigenvalue weighted by Crippen LogP contribution is 2.39. The maximum Gasteiger partial charge on any atom is 0.257 e. The maximum absolute atomic E-state index is 13.0. The first-order valence-corrected chi connectivity index (χ1v) is 9.51. The van der Waals surface area contributed by atoms with Crippen molar-refractivity contribution in [3.63, 3.8) is 0 Å². The summed E-state index contributed by atoms with van der Waals surface area (Å²) < 4.78 is 16.6. The highest BCUT2D eigenvalue weighted by molar-refractivity contribution is 6.07. The van der Waals surface area contributed by atoms with Crippen LogP contribution in [0.5, 0.6) is 11.5 Å². The molecule has 29 heavy (non-hydrogen) atoms. The fourth-order valence-electron chi connectivity index (χ4n) is 3.69. The molecule has 2 aromatic carbocycles. The van der Waals surface area contributed by atoms with Gasteiger partial charge in [0, 0.05) is 41.1 Å². The first-order valence-electron chi connectivity index (χ1n) is 9.51. The molecule has 152 valence electrons. The van der Waals surface area contributed by atoms with Gasteiger partial charge in [-0.05, 0) is 45.0 Å². The van der Waals surface area contributed by atoms with E-state index in [0.29, 0.717) is 41.5 Å². The predicted molar refractivity (Wildman–Crippen MR) is 107 cm³/mol. The molecule has 0 saturated heterocycles. The number of hydrogen-bond acceptors (Lipinski definition) is 5. The van der Waals surface area contributed by atoms with E-state index in [1.54, 1.807) is 48.4 Å². The van der Waals surface area contributed by atoms with Gasteiger partial charge in [0.05, 0.1) is 0 Å². The molecule has 1 N–H and O–H groups in total. The van der Waals surface area contributed by atoms with E-state index in [1.165, 1.54) is 0 Å². The topological polar surface area (TPSA) is 77.1 Å². The van der Waals surface area contributed by atoms with Gasteiger partial charge in [-0.2, -0.15) is 0 Å². The van der Waals surface area contributed by atoms with Crippen molar-refractivity contribution < 1.29 is 23.8 Å². The highest BCUT2D eigenvalue weighted by atomic mass is 16.6. The van der Waals surface area contributed by atoms with Crippen molar-refractivity contribution in [2.75, 3.05) is 25.6 Å². The van der Waals surface area contributed by atoms with Crippen molar-refractivity contribution in [1.82, 2.24) is 4.90 Å². The highest BCUT2D eigenvalue weighted by Gasteiger charge is 2.43. The second-order valence-corrected chi connectivity index (χ2v) is 8.05. The third-order valence-electron chi connectivity index (χ3n) is 5.01. The van der Waals surface area contributed by atoms with E-state index in [0.717, 1.165) is 5.56 Å². The number of rotatable bonds is 3. The number of anilines is 1. The number of benzene rings is 2. The van der Waals surface area contributed by atoms with Crippen LogP contribution in [0.15, 0.2) is 36.4 Å². The molecule has 2 aliphatic rings. The average Bonchev–Trinajstić information content (AvgIpc) is 2.99. The van der Waals surface area contributed by atoms with E-state index in [2.05, 4.69) is 5.32 Å². The molecule has 0 bridgehead atoms. The first kappa shape index (κ1) is 19.3. The molecule has 0 fully saturated rings. The van der Waals surface area contributed by atoms with Gasteiger partial charge in [-0.15, -0.1) is 0 Å². The molecule has 2 aromatic rings. The van der Waals surface area contributed by atoms with Gasteiger partial charge in [-0.1, -0.05) is 6.07 Å². The number of nitrogens with zero attached hydrogens (tertiary/aromatic N) is 1. The van der Waals surface area contributed by atoms with Crippen LogP contribution in [0.3, 0.4) is 0 Å². The minimum absolute atomic E-state index is 0.145. The Labute approximate surface area is 169 Å². The van der Waals surface area contributed by atoms with Gasteiger partial charge in [-0.25, -0.2) is 0 Å². The molecule has 4 rings (SSSR count). The lowest BCUT2D eigenvalue weighted by atomic mass is 10.0. The Bertz CT molecular complexity index is 980. The summed E-state index contributed by atoms with van der Waals surface area (Å²) >= 11 is 0. The molecule has 2 heterocycles. The lowest BCUT2D eigenvalue weighted by Gasteiger charge is -2.36. The Balaban J connectivity index is 1.59. The van der Waals surface area contributed by atoms with Crippen LogP contribution >= 0.6 is 0 Å². The summed E-state index contributed by atoms with van der Waals surface area (Å²) in [6.45, 7) is 6.85. The van der Waals surface area contributed by atoms with Crippen LogP contribution in [0.25, 0.3) is 0 Å². The van der Waals surface area contributed by atoms with Crippen LogP contribution in [0.1, 0.15) is 53.3 Å². The van der Waals surface area contributed by atoms with E-state index in [-0.39, 0.29) is 11.8 Å². The van der Waals surface area contributed by atoms with Crippen LogP contribution in [-0.2, 0) is 4.74 Å². The fourth-order valence-corrected chi connectivity index (χ4v) is 3.69. The van der Waals surface area contributed by atoms with Gasteiger partial charge >= 0.3 is 0 Å². The van der Waals surface area contributed by atoms with Crippen molar-refractivity contribution in [2.45, 2.75) is 32.5 Å². The molecule has 1 atom stereocenters. The molecule has 7 nitrogen and oxygen atoms in total. The number of amides is 2.